The van der Waals surface area contributed by atoms with Crippen LogP contribution in [0, 0.1) is 3.57 Å². The van der Waals surface area contributed by atoms with Crippen molar-refractivity contribution >= 4 is 38.5 Å². The molecule has 88 valence electrons. The molecule has 0 aliphatic carbocycles. The number of alkyl halides is 4. The third kappa shape index (κ3) is 1.75. The van der Waals surface area contributed by atoms with Crippen LogP contribution >= 0.6 is 38.5 Å². The van der Waals surface area contributed by atoms with E-state index in [-0.39, 0.29) is 3.57 Å². The first-order valence-corrected chi connectivity index (χ1v) is 5.73. The molecule has 0 spiro atoms. The second-order valence-corrected chi connectivity index (χ2v) is 4.86. The molecule has 0 saturated carbocycles. The average molecular weight is 413 g/mol. The third-order valence-corrected chi connectivity index (χ3v) is 4.29. The first kappa shape index (κ1) is 12.2. The van der Waals surface area contributed by atoms with Gasteiger partial charge in [-0.15, -0.1) is 0 Å². The SMILES string of the molecule is FC1(F)Oc2ccc(Br)c(I)c2OC1(F)F. The van der Waals surface area contributed by atoms with E-state index in [2.05, 4.69) is 25.4 Å². The van der Waals surface area contributed by atoms with Crippen LogP contribution in [0.2, 0.25) is 0 Å². The van der Waals surface area contributed by atoms with Crippen molar-refractivity contribution in [2.45, 2.75) is 12.2 Å². The molecule has 1 heterocycles. The predicted molar refractivity (Wildman–Crippen MR) is 58.0 cm³/mol. The monoisotopic (exact) mass is 412 g/mol. The summed E-state index contributed by atoms with van der Waals surface area (Å²) in [5.74, 6) is -0.811. The molecule has 1 aliphatic heterocycles. The Hall–Kier alpha value is -0.250. The van der Waals surface area contributed by atoms with Crippen LogP contribution in [0.25, 0.3) is 0 Å². The van der Waals surface area contributed by atoms with E-state index in [4.69, 9.17) is 0 Å². The molecule has 0 unspecified atom stereocenters. The minimum Gasteiger partial charge on any atom is -0.421 e. The summed E-state index contributed by atoms with van der Waals surface area (Å²) in [6.45, 7) is 0. The summed E-state index contributed by atoms with van der Waals surface area (Å²) in [5.41, 5.74) is 0. The molecule has 0 saturated heterocycles. The maximum Gasteiger partial charge on any atom is 0.507 e. The lowest BCUT2D eigenvalue weighted by Crippen LogP contribution is -2.52. The highest BCUT2D eigenvalue weighted by Crippen LogP contribution is 2.49. The van der Waals surface area contributed by atoms with E-state index in [1.165, 1.54) is 6.07 Å². The van der Waals surface area contributed by atoms with Crippen molar-refractivity contribution in [2.24, 2.45) is 0 Å². The fourth-order valence-corrected chi connectivity index (χ4v) is 1.94. The first-order chi connectivity index (χ1) is 7.24. The highest BCUT2D eigenvalue weighted by atomic mass is 127. The molecule has 2 rings (SSSR count). The van der Waals surface area contributed by atoms with Crippen LogP contribution in [0.1, 0.15) is 0 Å². The largest absolute Gasteiger partial charge is 0.507 e. The van der Waals surface area contributed by atoms with E-state index >= 15 is 0 Å². The van der Waals surface area contributed by atoms with Crippen LogP contribution in [0.3, 0.4) is 0 Å². The minimum atomic E-state index is -4.68. The van der Waals surface area contributed by atoms with Crippen molar-refractivity contribution in [1.29, 1.82) is 0 Å². The van der Waals surface area contributed by atoms with Crippen LogP contribution in [-0.2, 0) is 0 Å². The Bertz CT molecular complexity index is 452. The maximum absolute atomic E-state index is 12.9. The van der Waals surface area contributed by atoms with E-state index in [0.29, 0.717) is 4.47 Å². The fraction of sp³-hybridized carbons (Fsp3) is 0.250. The van der Waals surface area contributed by atoms with Crippen molar-refractivity contribution in [3.63, 3.8) is 0 Å². The van der Waals surface area contributed by atoms with Crippen LogP contribution in [-0.4, -0.2) is 12.2 Å². The number of ether oxygens (including phenoxy) is 2. The maximum atomic E-state index is 12.9. The lowest BCUT2D eigenvalue weighted by atomic mass is 10.3. The summed E-state index contributed by atoms with van der Waals surface area (Å²) in [6, 6.07) is 2.54. The molecule has 0 N–H and O–H groups in total. The Labute approximate surface area is 109 Å². The molecule has 8 heteroatoms. The van der Waals surface area contributed by atoms with Gasteiger partial charge in [-0.3, -0.25) is 0 Å². The van der Waals surface area contributed by atoms with Crippen molar-refractivity contribution < 1.29 is 27.0 Å². The molecule has 0 amide bonds. The summed E-state index contributed by atoms with van der Waals surface area (Å²) in [6.07, 6.45) is -9.35. The van der Waals surface area contributed by atoms with Gasteiger partial charge in [-0.2, -0.15) is 17.6 Å². The third-order valence-electron chi connectivity index (χ3n) is 1.82. The molecule has 0 atom stereocenters. The molecular formula is C8H2BrF4IO2. The fourth-order valence-electron chi connectivity index (χ4n) is 1.07. The zero-order chi connectivity index (χ0) is 12.1. The summed E-state index contributed by atoms with van der Waals surface area (Å²) in [5, 5.41) is 0. The number of hydrogen-bond acceptors (Lipinski definition) is 2. The van der Waals surface area contributed by atoms with E-state index in [1.807, 2.05) is 0 Å². The summed E-state index contributed by atoms with van der Waals surface area (Å²) in [4.78, 5) is 0. The van der Waals surface area contributed by atoms with Crippen LogP contribution < -0.4 is 9.47 Å². The van der Waals surface area contributed by atoms with Gasteiger partial charge in [-0.25, -0.2) is 0 Å². The lowest BCUT2D eigenvalue weighted by molar-refractivity contribution is -0.391. The molecule has 0 aromatic heterocycles. The second kappa shape index (κ2) is 3.62. The molecule has 0 radical (unpaired) electrons. The van der Waals surface area contributed by atoms with Gasteiger partial charge in [0.2, 0.25) is 0 Å². The van der Waals surface area contributed by atoms with Crippen molar-refractivity contribution in [3.05, 3.63) is 20.2 Å². The first-order valence-electron chi connectivity index (χ1n) is 3.86. The molecule has 2 nitrogen and oxygen atoms in total. The van der Waals surface area contributed by atoms with Crippen LogP contribution in [0.15, 0.2) is 16.6 Å². The van der Waals surface area contributed by atoms with E-state index < -0.39 is 23.7 Å². The summed E-state index contributed by atoms with van der Waals surface area (Å²) in [7, 11) is 0. The van der Waals surface area contributed by atoms with Crippen LogP contribution in [0.5, 0.6) is 11.5 Å². The van der Waals surface area contributed by atoms with Gasteiger partial charge in [0.25, 0.3) is 0 Å². The highest BCUT2D eigenvalue weighted by Gasteiger charge is 2.66. The number of hydrogen-bond donors (Lipinski definition) is 0. The van der Waals surface area contributed by atoms with E-state index in [9.17, 15) is 17.6 Å². The van der Waals surface area contributed by atoms with Crippen molar-refractivity contribution in [3.8, 4) is 11.5 Å². The van der Waals surface area contributed by atoms with Gasteiger partial charge >= 0.3 is 12.2 Å². The Kier molecular flexibility index (Phi) is 2.76. The normalized spacial score (nSPS) is 20.6. The zero-order valence-corrected chi connectivity index (χ0v) is 11.0. The Morgan fingerprint density at radius 1 is 1.06 bits per heavy atom. The number of fused-ring (bicyclic) bond motifs is 1. The lowest BCUT2D eigenvalue weighted by Gasteiger charge is -2.32. The standard InChI is InChI=1S/C8H2BrF4IO2/c9-3-1-2-4-6(5(3)14)16-8(12,13)7(10,11)15-4/h1-2H. The van der Waals surface area contributed by atoms with Gasteiger partial charge in [0, 0.05) is 4.47 Å². The molecule has 16 heavy (non-hydrogen) atoms. The second-order valence-electron chi connectivity index (χ2n) is 2.93. The van der Waals surface area contributed by atoms with Crippen molar-refractivity contribution in [2.75, 3.05) is 0 Å². The minimum absolute atomic E-state index is 0.241. The van der Waals surface area contributed by atoms with E-state index in [0.717, 1.165) is 6.07 Å². The van der Waals surface area contributed by atoms with Gasteiger partial charge in [0.15, 0.2) is 11.5 Å². The van der Waals surface area contributed by atoms with E-state index in [1.54, 1.807) is 22.6 Å². The summed E-state index contributed by atoms with van der Waals surface area (Å²) < 4.78 is 59.9. The van der Waals surface area contributed by atoms with Crippen LogP contribution in [0.4, 0.5) is 17.6 Å². The number of rotatable bonds is 0. The molecule has 1 aliphatic rings. The Balaban J connectivity index is 2.56. The Morgan fingerprint density at radius 2 is 1.62 bits per heavy atom. The topological polar surface area (TPSA) is 18.5 Å². The van der Waals surface area contributed by atoms with Crippen molar-refractivity contribution in [1.82, 2.24) is 0 Å². The van der Waals surface area contributed by atoms with Gasteiger partial charge in [0.05, 0.1) is 3.57 Å². The van der Waals surface area contributed by atoms with Gasteiger partial charge in [-0.05, 0) is 50.7 Å². The molecular weight excluding hydrogens is 411 g/mol. The summed E-state index contributed by atoms with van der Waals surface area (Å²) >= 11 is 4.75. The highest BCUT2D eigenvalue weighted by molar-refractivity contribution is 14.1. The molecule has 0 bridgehead atoms. The molecule has 1 aromatic carbocycles. The van der Waals surface area contributed by atoms with Gasteiger partial charge < -0.3 is 9.47 Å². The molecule has 0 fully saturated rings. The molecule has 1 aromatic rings. The smallest absolute Gasteiger partial charge is 0.421 e. The number of halogens is 6. The number of benzene rings is 1. The quantitative estimate of drug-likeness (QED) is 0.473. The average Bonchev–Trinajstić information content (AvgIpc) is 2.15. The van der Waals surface area contributed by atoms with Gasteiger partial charge in [0.1, 0.15) is 0 Å². The zero-order valence-electron chi connectivity index (χ0n) is 7.24. The van der Waals surface area contributed by atoms with Gasteiger partial charge in [-0.1, -0.05) is 0 Å². The predicted octanol–water partition coefficient (Wildman–Crippen LogP) is 4.01. The Morgan fingerprint density at radius 3 is 2.25 bits per heavy atom.